The maximum absolute atomic E-state index is 5.58. The maximum Gasteiger partial charge on any atom is 0.00644 e. The molecule has 0 aliphatic rings. The summed E-state index contributed by atoms with van der Waals surface area (Å²) in [7, 11) is 2.67. The van der Waals surface area contributed by atoms with Gasteiger partial charge in [-0.25, -0.2) is 0 Å². The van der Waals surface area contributed by atoms with Crippen molar-refractivity contribution in [1.29, 1.82) is 0 Å². The lowest BCUT2D eigenvalue weighted by atomic mass is 10.2. The third-order valence-electron chi connectivity index (χ3n) is 2.72. The minimum Gasteiger partial charge on any atom is -0.330 e. The highest BCUT2D eigenvalue weighted by Crippen LogP contribution is 2.09. The van der Waals surface area contributed by atoms with Crippen LogP contribution in [-0.4, -0.2) is 51.6 Å². The Morgan fingerprint density at radius 1 is 1.00 bits per heavy atom. The maximum atomic E-state index is 5.58. The Hall–Kier alpha value is 0.354. The molecule has 0 bridgehead atoms. The SMILES string of the molecule is CC([SiH3])CCN(CCCN)CCC(C)[SiH3]. The fourth-order valence-electron chi connectivity index (χ4n) is 1.53. The van der Waals surface area contributed by atoms with E-state index in [2.05, 4.69) is 18.7 Å². The predicted molar refractivity (Wildman–Crippen MR) is 78.1 cm³/mol. The number of hydrogen-bond donors (Lipinski definition) is 1. The normalized spacial score (nSPS) is 16.0. The standard InChI is InChI=1S/C11H30N2Si2/c1-10(14)4-8-13(7-3-6-12)9-5-11(2)15/h10-11H,3-9,12H2,1-2,14-15H3. The lowest BCUT2D eigenvalue weighted by molar-refractivity contribution is 0.264. The summed E-state index contributed by atoms with van der Waals surface area (Å²) in [6, 6.07) is 0. The second-order valence-electron chi connectivity index (χ2n) is 5.35. The second-order valence-corrected chi connectivity index (χ2v) is 9.29. The highest BCUT2D eigenvalue weighted by Gasteiger charge is 2.06. The molecule has 0 radical (unpaired) electrons. The molecule has 0 amide bonds. The summed E-state index contributed by atoms with van der Waals surface area (Å²) in [6.45, 7) is 9.35. The number of hydrogen-bond acceptors (Lipinski definition) is 2. The highest BCUT2D eigenvalue weighted by atomic mass is 28.1. The fraction of sp³-hybridized carbons (Fsp3) is 1.00. The molecule has 2 N–H and O–H groups in total. The van der Waals surface area contributed by atoms with Crippen molar-refractivity contribution >= 4 is 20.5 Å². The highest BCUT2D eigenvalue weighted by molar-refractivity contribution is 6.11. The van der Waals surface area contributed by atoms with Crippen molar-refractivity contribution in [1.82, 2.24) is 4.90 Å². The van der Waals surface area contributed by atoms with E-state index in [1.807, 2.05) is 0 Å². The van der Waals surface area contributed by atoms with Crippen molar-refractivity contribution in [3.05, 3.63) is 0 Å². The van der Waals surface area contributed by atoms with Gasteiger partial charge in [-0.3, -0.25) is 0 Å². The molecular formula is C11H30N2Si2. The van der Waals surface area contributed by atoms with Crippen LogP contribution in [-0.2, 0) is 0 Å². The van der Waals surface area contributed by atoms with Gasteiger partial charge in [0.15, 0.2) is 0 Å². The molecule has 92 valence electrons. The van der Waals surface area contributed by atoms with Crippen molar-refractivity contribution < 1.29 is 0 Å². The summed E-state index contributed by atoms with van der Waals surface area (Å²) in [4.78, 5) is 2.62. The van der Waals surface area contributed by atoms with Gasteiger partial charge in [0.1, 0.15) is 0 Å². The van der Waals surface area contributed by atoms with Crippen LogP contribution < -0.4 is 5.73 Å². The molecule has 2 nitrogen and oxygen atoms in total. The Labute approximate surface area is 102 Å². The van der Waals surface area contributed by atoms with E-state index in [1.165, 1.54) is 53.0 Å². The van der Waals surface area contributed by atoms with Crippen LogP contribution in [0.4, 0.5) is 0 Å². The van der Waals surface area contributed by atoms with Crippen LogP contribution in [0.2, 0.25) is 11.1 Å². The molecule has 0 rings (SSSR count). The minimum atomic E-state index is 0.837. The first-order chi connectivity index (χ1) is 7.06. The molecule has 0 aromatic carbocycles. The lowest BCUT2D eigenvalue weighted by Gasteiger charge is -2.23. The molecule has 4 heteroatoms. The van der Waals surface area contributed by atoms with Crippen LogP contribution in [0, 0.1) is 0 Å². The van der Waals surface area contributed by atoms with Crippen LogP contribution in [0.15, 0.2) is 0 Å². The molecule has 0 saturated heterocycles. The molecular weight excluding hydrogens is 216 g/mol. The minimum absolute atomic E-state index is 0.837. The van der Waals surface area contributed by atoms with Gasteiger partial charge in [0.2, 0.25) is 0 Å². The molecule has 2 atom stereocenters. The summed E-state index contributed by atoms with van der Waals surface area (Å²) in [5, 5.41) is 0. The zero-order valence-corrected chi connectivity index (χ0v) is 15.1. The Bertz CT molecular complexity index is 129. The Kier molecular flexibility index (Phi) is 9.80. The average Bonchev–Trinajstić information content (AvgIpc) is 2.16. The molecule has 0 saturated carbocycles. The summed E-state index contributed by atoms with van der Waals surface area (Å²) in [5.41, 5.74) is 7.49. The Morgan fingerprint density at radius 3 is 1.80 bits per heavy atom. The summed E-state index contributed by atoms with van der Waals surface area (Å²) in [6.07, 6.45) is 3.92. The fourth-order valence-corrected chi connectivity index (χ4v) is 2.05. The van der Waals surface area contributed by atoms with Gasteiger partial charge in [0, 0.05) is 20.5 Å². The van der Waals surface area contributed by atoms with Gasteiger partial charge in [0.25, 0.3) is 0 Å². The predicted octanol–water partition coefficient (Wildman–Crippen LogP) is -0.235. The summed E-state index contributed by atoms with van der Waals surface area (Å²) < 4.78 is 0. The van der Waals surface area contributed by atoms with Gasteiger partial charge in [-0.05, 0) is 45.4 Å². The third-order valence-corrected chi connectivity index (χ3v) is 3.88. The first kappa shape index (κ1) is 15.4. The molecule has 0 aromatic heterocycles. The van der Waals surface area contributed by atoms with Crippen LogP contribution in [0.3, 0.4) is 0 Å². The molecule has 15 heavy (non-hydrogen) atoms. The van der Waals surface area contributed by atoms with Crippen LogP contribution >= 0.6 is 0 Å². The first-order valence-corrected chi connectivity index (χ1v) is 8.79. The Morgan fingerprint density at radius 2 is 1.47 bits per heavy atom. The van der Waals surface area contributed by atoms with Crippen molar-refractivity contribution in [3.63, 3.8) is 0 Å². The molecule has 2 unspecified atom stereocenters. The van der Waals surface area contributed by atoms with E-state index < -0.39 is 0 Å². The van der Waals surface area contributed by atoms with Crippen molar-refractivity contribution in [2.75, 3.05) is 26.2 Å². The van der Waals surface area contributed by atoms with Crippen molar-refractivity contribution in [2.45, 2.75) is 44.2 Å². The molecule has 0 spiro atoms. The number of nitrogens with two attached hydrogens (primary N) is 1. The van der Waals surface area contributed by atoms with Gasteiger partial charge in [-0.1, -0.05) is 24.9 Å². The van der Waals surface area contributed by atoms with Gasteiger partial charge >= 0.3 is 0 Å². The van der Waals surface area contributed by atoms with Crippen molar-refractivity contribution in [2.24, 2.45) is 5.73 Å². The van der Waals surface area contributed by atoms with Gasteiger partial charge in [-0.2, -0.15) is 0 Å². The smallest absolute Gasteiger partial charge is 0.00644 e. The van der Waals surface area contributed by atoms with E-state index in [1.54, 1.807) is 0 Å². The van der Waals surface area contributed by atoms with E-state index in [4.69, 9.17) is 5.73 Å². The van der Waals surface area contributed by atoms with Gasteiger partial charge < -0.3 is 10.6 Å². The van der Waals surface area contributed by atoms with E-state index in [9.17, 15) is 0 Å². The average molecular weight is 247 g/mol. The van der Waals surface area contributed by atoms with E-state index in [-0.39, 0.29) is 0 Å². The second kappa shape index (κ2) is 9.57. The Balaban J connectivity index is 3.73. The first-order valence-electron chi connectivity index (χ1n) is 6.48. The zero-order valence-electron chi connectivity index (χ0n) is 11.1. The molecule has 0 heterocycles. The van der Waals surface area contributed by atoms with Crippen LogP contribution in [0.1, 0.15) is 33.1 Å². The van der Waals surface area contributed by atoms with Gasteiger partial charge in [-0.15, -0.1) is 0 Å². The molecule has 0 aliphatic carbocycles. The van der Waals surface area contributed by atoms with E-state index >= 15 is 0 Å². The molecule has 0 fully saturated rings. The topological polar surface area (TPSA) is 29.3 Å². The largest absolute Gasteiger partial charge is 0.330 e. The summed E-state index contributed by atoms with van der Waals surface area (Å²) in [5.74, 6) is 0. The van der Waals surface area contributed by atoms with Crippen LogP contribution in [0.25, 0.3) is 0 Å². The quantitative estimate of drug-likeness (QED) is 0.569. The van der Waals surface area contributed by atoms with E-state index in [0.29, 0.717) is 0 Å². The zero-order chi connectivity index (χ0) is 11.7. The van der Waals surface area contributed by atoms with Crippen molar-refractivity contribution in [3.8, 4) is 0 Å². The number of rotatable bonds is 9. The van der Waals surface area contributed by atoms with Gasteiger partial charge in [0.05, 0.1) is 0 Å². The molecule has 0 aromatic rings. The molecule has 0 aliphatic heterocycles. The van der Waals surface area contributed by atoms with Crippen LogP contribution in [0.5, 0.6) is 0 Å². The lowest BCUT2D eigenvalue weighted by Crippen LogP contribution is -2.29. The van der Waals surface area contributed by atoms with E-state index in [0.717, 1.165) is 24.0 Å². The number of nitrogens with zero attached hydrogens (tertiary/aromatic N) is 1. The summed E-state index contributed by atoms with van der Waals surface area (Å²) >= 11 is 0. The third kappa shape index (κ3) is 10.6. The monoisotopic (exact) mass is 246 g/mol.